The molecule has 2 aromatic heterocycles. The molecule has 2 aliphatic carbocycles. The van der Waals surface area contributed by atoms with Crippen molar-refractivity contribution >= 4 is 9.84 Å². The summed E-state index contributed by atoms with van der Waals surface area (Å²) in [5.74, 6) is 0.597. The van der Waals surface area contributed by atoms with Gasteiger partial charge in [-0.25, -0.2) is 8.42 Å². The van der Waals surface area contributed by atoms with Crippen LogP contribution in [0, 0.1) is 0 Å². The number of hydrogen-bond donors (Lipinski definition) is 1. The van der Waals surface area contributed by atoms with Gasteiger partial charge in [-0.05, 0) is 60.4 Å². The summed E-state index contributed by atoms with van der Waals surface area (Å²) in [6, 6.07) is 10.3. The van der Waals surface area contributed by atoms with Crippen molar-refractivity contribution in [1.82, 2.24) is 25.6 Å². The van der Waals surface area contributed by atoms with Gasteiger partial charge in [-0.1, -0.05) is 43.2 Å². The van der Waals surface area contributed by atoms with E-state index in [4.69, 9.17) is 4.98 Å². The lowest BCUT2D eigenvalue weighted by Crippen LogP contribution is -2.34. The molecule has 1 aromatic carbocycles. The van der Waals surface area contributed by atoms with E-state index in [1.807, 2.05) is 18.2 Å². The number of hydrogen-bond acceptors (Lipinski definition) is 6. The standard InChI is InChI=1S/C23H27N5O2S/c1-31(29,30)15-23(13-7-8-14-23)21-20(22-25-27-28-26-22)19(16-9-3-2-4-10-16)17-11-5-6-12-18(17)24-21/h2-4,9-10H,5-8,11-15H2,1H3,(H,25,26,27,28). The molecule has 2 heterocycles. The number of aromatic amines is 1. The van der Waals surface area contributed by atoms with Gasteiger partial charge in [0.15, 0.2) is 0 Å². The van der Waals surface area contributed by atoms with E-state index in [0.717, 1.165) is 79.4 Å². The van der Waals surface area contributed by atoms with Crippen molar-refractivity contribution in [2.45, 2.75) is 56.8 Å². The van der Waals surface area contributed by atoms with Gasteiger partial charge in [-0.15, -0.1) is 10.2 Å². The molecule has 1 fully saturated rings. The van der Waals surface area contributed by atoms with Crippen LogP contribution in [0.25, 0.3) is 22.5 Å². The first-order valence-corrected chi connectivity index (χ1v) is 13.1. The monoisotopic (exact) mass is 437 g/mol. The fraction of sp³-hybridized carbons (Fsp3) is 0.478. The van der Waals surface area contributed by atoms with Crippen LogP contribution in [-0.2, 0) is 28.1 Å². The highest BCUT2D eigenvalue weighted by molar-refractivity contribution is 7.90. The minimum absolute atomic E-state index is 0.102. The lowest BCUT2D eigenvalue weighted by atomic mass is 9.77. The van der Waals surface area contributed by atoms with Crippen molar-refractivity contribution in [3.05, 3.63) is 47.3 Å². The third-order valence-electron chi connectivity index (χ3n) is 6.71. The predicted molar refractivity (Wildman–Crippen MR) is 119 cm³/mol. The highest BCUT2D eigenvalue weighted by Crippen LogP contribution is 2.49. The Balaban J connectivity index is 1.87. The van der Waals surface area contributed by atoms with Crippen LogP contribution in [-0.4, -0.2) is 46.0 Å². The molecule has 0 atom stereocenters. The Hall–Kier alpha value is -2.61. The van der Waals surface area contributed by atoms with E-state index in [1.165, 1.54) is 11.8 Å². The van der Waals surface area contributed by atoms with Gasteiger partial charge in [0.1, 0.15) is 9.84 Å². The van der Waals surface area contributed by atoms with Gasteiger partial charge in [-0.3, -0.25) is 4.98 Å². The maximum Gasteiger partial charge on any atom is 0.207 e. The van der Waals surface area contributed by atoms with Crippen LogP contribution < -0.4 is 0 Å². The number of sulfone groups is 1. The van der Waals surface area contributed by atoms with E-state index in [0.29, 0.717) is 5.82 Å². The molecule has 0 amide bonds. The van der Waals surface area contributed by atoms with Gasteiger partial charge >= 0.3 is 0 Å². The molecule has 31 heavy (non-hydrogen) atoms. The number of aromatic nitrogens is 5. The van der Waals surface area contributed by atoms with Crippen molar-refractivity contribution in [1.29, 1.82) is 0 Å². The van der Waals surface area contributed by atoms with Crippen LogP contribution in [0.4, 0.5) is 0 Å². The summed E-state index contributed by atoms with van der Waals surface area (Å²) in [7, 11) is -3.20. The van der Waals surface area contributed by atoms with Crippen LogP contribution in [0.2, 0.25) is 0 Å². The van der Waals surface area contributed by atoms with Crippen molar-refractivity contribution in [3.8, 4) is 22.5 Å². The molecule has 0 radical (unpaired) electrons. The maximum atomic E-state index is 12.5. The molecule has 0 spiro atoms. The number of H-pyrrole nitrogens is 1. The number of aryl methyl sites for hydroxylation is 1. The van der Waals surface area contributed by atoms with Gasteiger partial charge in [0.05, 0.1) is 17.0 Å². The SMILES string of the molecule is CS(=O)(=O)CC1(c2nc3c(c(-c4ccccc4)c2-c2nn[nH]n2)CCCC3)CCCC1. The molecule has 7 nitrogen and oxygen atoms in total. The Kier molecular flexibility index (Phi) is 5.12. The average molecular weight is 438 g/mol. The van der Waals surface area contributed by atoms with Crippen LogP contribution in [0.5, 0.6) is 0 Å². The number of tetrazole rings is 1. The zero-order valence-electron chi connectivity index (χ0n) is 17.8. The molecular formula is C23H27N5O2S. The molecule has 3 aromatic rings. The number of nitrogens with zero attached hydrogens (tertiary/aromatic N) is 4. The fourth-order valence-electron chi connectivity index (χ4n) is 5.54. The smallest absolute Gasteiger partial charge is 0.207 e. The van der Waals surface area contributed by atoms with Gasteiger partial charge in [0.25, 0.3) is 0 Å². The normalized spacial score (nSPS) is 18.1. The Labute approximate surface area is 182 Å². The lowest BCUT2D eigenvalue weighted by Gasteiger charge is -2.33. The Morgan fingerprint density at radius 1 is 1.00 bits per heavy atom. The average Bonchev–Trinajstić information content (AvgIpc) is 3.45. The van der Waals surface area contributed by atoms with Crippen molar-refractivity contribution in [3.63, 3.8) is 0 Å². The molecule has 5 rings (SSSR count). The quantitative estimate of drug-likeness (QED) is 0.654. The number of nitrogens with one attached hydrogen (secondary N) is 1. The van der Waals surface area contributed by atoms with E-state index >= 15 is 0 Å². The van der Waals surface area contributed by atoms with E-state index in [9.17, 15) is 8.42 Å². The number of fused-ring (bicyclic) bond motifs is 1. The largest absolute Gasteiger partial charge is 0.256 e. The summed E-state index contributed by atoms with van der Waals surface area (Å²) in [6.45, 7) is 0. The third-order valence-corrected chi connectivity index (χ3v) is 7.78. The van der Waals surface area contributed by atoms with Crippen LogP contribution >= 0.6 is 0 Å². The zero-order chi connectivity index (χ0) is 21.5. The van der Waals surface area contributed by atoms with Gasteiger partial charge in [-0.2, -0.15) is 5.21 Å². The zero-order valence-corrected chi connectivity index (χ0v) is 18.6. The first-order chi connectivity index (χ1) is 15.0. The molecule has 0 bridgehead atoms. The number of pyridine rings is 1. The molecule has 0 saturated heterocycles. The van der Waals surface area contributed by atoms with Gasteiger partial charge in [0, 0.05) is 17.4 Å². The van der Waals surface area contributed by atoms with Crippen LogP contribution in [0.15, 0.2) is 30.3 Å². The molecule has 162 valence electrons. The molecule has 2 aliphatic rings. The second kappa shape index (κ2) is 7.82. The van der Waals surface area contributed by atoms with Gasteiger partial charge in [0.2, 0.25) is 5.82 Å². The van der Waals surface area contributed by atoms with E-state index in [-0.39, 0.29) is 5.75 Å². The highest BCUT2D eigenvalue weighted by Gasteiger charge is 2.44. The molecular weight excluding hydrogens is 410 g/mol. The van der Waals surface area contributed by atoms with E-state index in [1.54, 1.807) is 0 Å². The summed E-state index contributed by atoms with van der Waals surface area (Å²) in [5.41, 5.74) is 5.72. The topological polar surface area (TPSA) is 101 Å². The fourth-order valence-corrected chi connectivity index (χ4v) is 6.97. The van der Waals surface area contributed by atoms with Gasteiger partial charge < -0.3 is 0 Å². The summed E-state index contributed by atoms with van der Waals surface area (Å²) in [6.07, 6.45) is 9.05. The first kappa shape index (κ1) is 20.3. The molecule has 1 N–H and O–H groups in total. The Morgan fingerprint density at radius 2 is 1.74 bits per heavy atom. The van der Waals surface area contributed by atoms with Crippen LogP contribution in [0.3, 0.4) is 0 Å². The molecule has 1 saturated carbocycles. The third kappa shape index (κ3) is 3.78. The number of rotatable bonds is 5. The maximum absolute atomic E-state index is 12.5. The van der Waals surface area contributed by atoms with E-state index in [2.05, 4.69) is 32.8 Å². The summed E-state index contributed by atoms with van der Waals surface area (Å²) in [4.78, 5) is 5.21. The Bertz CT molecular complexity index is 1180. The highest BCUT2D eigenvalue weighted by atomic mass is 32.2. The number of benzene rings is 1. The lowest BCUT2D eigenvalue weighted by molar-refractivity contribution is 0.467. The summed E-state index contributed by atoms with van der Waals surface area (Å²) >= 11 is 0. The second-order valence-corrected chi connectivity index (χ2v) is 11.1. The molecule has 8 heteroatoms. The minimum atomic E-state index is -3.20. The predicted octanol–water partition coefficient (Wildman–Crippen LogP) is 3.66. The van der Waals surface area contributed by atoms with Crippen LogP contribution in [0.1, 0.15) is 55.5 Å². The Morgan fingerprint density at radius 3 is 2.42 bits per heavy atom. The molecule has 0 aliphatic heterocycles. The molecule has 0 unspecified atom stereocenters. The summed E-state index contributed by atoms with van der Waals surface area (Å²) in [5, 5.41) is 15.1. The second-order valence-electron chi connectivity index (χ2n) is 9.00. The minimum Gasteiger partial charge on any atom is -0.256 e. The summed E-state index contributed by atoms with van der Waals surface area (Å²) < 4.78 is 25.1. The van der Waals surface area contributed by atoms with Crippen molar-refractivity contribution < 1.29 is 8.42 Å². The van der Waals surface area contributed by atoms with E-state index < -0.39 is 15.3 Å². The van der Waals surface area contributed by atoms with Crippen molar-refractivity contribution in [2.24, 2.45) is 0 Å². The van der Waals surface area contributed by atoms with Crippen molar-refractivity contribution in [2.75, 3.05) is 12.0 Å². The first-order valence-electron chi connectivity index (χ1n) is 11.0.